The van der Waals surface area contributed by atoms with Gasteiger partial charge in [-0.05, 0) is 12.1 Å². The maximum absolute atomic E-state index is 11.8. The third-order valence-corrected chi connectivity index (χ3v) is 3.50. The van der Waals surface area contributed by atoms with Crippen LogP contribution in [0.1, 0.15) is 5.76 Å². The Labute approximate surface area is 165 Å². The number of amides is 1. The fraction of sp³-hybridized carbons (Fsp3) is 0.333. The normalized spacial score (nSPS) is 10.9. The molecule has 1 amide bonds. The number of carbonyl (C=O) groups excluding carboxylic acids is 1. The molecule has 0 radical (unpaired) electrons. The standard InChI is InChI=1S/C18H24N4O2.HI/c1-5-10-19-18(20-12-17(23)21(2)3)22(4)13-15-11-14-8-6-7-9-16(14)24-15;/h5-9,11H,1,10,12-13H2,2-4H3,(H,19,20);1H. The third-order valence-electron chi connectivity index (χ3n) is 3.50. The summed E-state index contributed by atoms with van der Waals surface area (Å²) in [5, 5.41) is 4.23. The lowest BCUT2D eigenvalue weighted by atomic mass is 10.2. The van der Waals surface area contributed by atoms with Crippen LogP contribution in [0.4, 0.5) is 0 Å². The molecule has 1 aromatic carbocycles. The maximum atomic E-state index is 11.8. The molecule has 0 aliphatic rings. The number of nitrogens with one attached hydrogen (secondary N) is 1. The average molecular weight is 456 g/mol. The van der Waals surface area contributed by atoms with E-state index in [1.165, 1.54) is 4.90 Å². The Hall–Kier alpha value is -2.03. The van der Waals surface area contributed by atoms with Gasteiger partial charge in [0, 0.05) is 33.1 Å². The van der Waals surface area contributed by atoms with Crippen LogP contribution in [0, 0.1) is 0 Å². The topological polar surface area (TPSA) is 61.1 Å². The Morgan fingerprint density at radius 2 is 2.04 bits per heavy atom. The van der Waals surface area contributed by atoms with E-state index < -0.39 is 0 Å². The van der Waals surface area contributed by atoms with Gasteiger partial charge >= 0.3 is 0 Å². The number of rotatable bonds is 6. The van der Waals surface area contributed by atoms with E-state index in [-0.39, 0.29) is 36.4 Å². The zero-order valence-corrected chi connectivity index (χ0v) is 17.2. The van der Waals surface area contributed by atoms with Crippen molar-refractivity contribution in [2.75, 3.05) is 34.2 Å². The van der Waals surface area contributed by atoms with Gasteiger partial charge < -0.3 is 19.5 Å². The molecule has 1 N–H and O–H groups in total. The summed E-state index contributed by atoms with van der Waals surface area (Å²) in [5.41, 5.74) is 0.862. The van der Waals surface area contributed by atoms with Crippen LogP contribution in [0.2, 0.25) is 0 Å². The van der Waals surface area contributed by atoms with Crippen LogP contribution in [0.3, 0.4) is 0 Å². The van der Waals surface area contributed by atoms with Gasteiger partial charge in [0.05, 0.1) is 6.54 Å². The number of halogens is 1. The number of carbonyl (C=O) groups is 1. The molecule has 25 heavy (non-hydrogen) atoms. The van der Waals surface area contributed by atoms with Crippen molar-refractivity contribution in [2.45, 2.75) is 6.54 Å². The highest BCUT2D eigenvalue weighted by Gasteiger charge is 2.11. The Balaban J connectivity index is 0.00000312. The lowest BCUT2D eigenvalue weighted by Crippen LogP contribution is -2.39. The Bertz CT molecular complexity index is 707. The van der Waals surface area contributed by atoms with E-state index in [2.05, 4.69) is 16.9 Å². The molecule has 6 nitrogen and oxygen atoms in total. The number of fused-ring (bicyclic) bond motifs is 1. The van der Waals surface area contributed by atoms with Gasteiger partial charge in [-0.2, -0.15) is 0 Å². The summed E-state index contributed by atoms with van der Waals surface area (Å²) < 4.78 is 5.84. The van der Waals surface area contributed by atoms with Crippen molar-refractivity contribution >= 4 is 46.8 Å². The number of guanidine groups is 1. The average Bonchev–Trinajstić information content (AvgIpc) is 2.96. The van der Waals surface area contributed by atoms with Crippen LogP contribution < -0.4 is 5.32 Å². The first kappa shape index (κ1) is 21.0. The highest BCUT2D eigenvalue weighted by molar-refractivity contribution is 14.0. The molecular formula is C18H25IN4O2. The van der Waals surface area contributed by atoms with E-state index in [4.69, 9.17) is 4.42 Å². The molecule has 136 valence electrons. The van der Waals surface area contributed by atoms with E-state index in [9.17, 15) is 4.79 Å². The minimum absolute atomic E-state index is 0. The van der Waals surface area contributed by atoms with Crippen LogP contribution in [0.5, 0.6) is 0 Å². The molecule has 1 aromatic heterocycles. The summed E-state index contributed by atoms with van der Waals surface area (Å²) in [6, 6.07) is 9.91. The lowest BCUT2D eigenvalue weighted by Gasteiger charge is -2.21. The zero-order valence-electron chi connectivity index (χ0n) is 14.9. The minimum atomic E-state index is -0.0509. The van der Waals surface area contributed by atoms with Crippen molar-refractivity contribution in [1.29, 1.82) is 0 Å². The van der Waals surface area contributed by atoms with E-state index >= 15 is 0 Å². The van der Waals surface area contributed by atoms with Gasteiger partial charge in [-0.25, -0.2) is 4.99 Å². The van der Waals surface area contributed by atoms with Crippen LogP contribution in [-0.4, -0.2) is 55.9 Å². The number of hydrogen-bond donors (Lipinski definition) is 1. The molecule has 7 heteroatoms. The Kier molecular flexibility index (Phi) is 8.47. The lowest BCUT2D eigenvalue weighted by molar-refractivity contribution is -0.127. The zero-order chi connectivity index (χ0) is 17.5. The summed E-state index contributed by atoms with van der Waals surface area (Å²) in [4.78, 5) is 19.6. The first-order valence-corrected chi connectivity index (χ1v) is 7.79. The van der Waals surface area contributed by atoms with Crippen LogP contribution in [0.25, 0.3) is 11.0 Å². The number of para-hydroxylation sites is 1. The van der Waals surface area contributed by atoms with Gasteiger partial charge in [-0.1, -0.05) is 24.3 Å². The van der Waals surface area contributed by atoms with Gasteiger partial charge in [0.15, 0.2) is 5.96 Å². The maximum Gasteiger partial charge on any atom is 0.243 e. The smallest absolute Gasteiger partial charge is 0.243 e. The van der Waals surface area contributed by atoms with Gasteiger partial charge in [0.2, 0.25) is 5.91 Å². The molecule has 0 atom stereocenters. The first-order chi connectivity index (χ1) is 11.5. The number of nitrogens with zero attached hydrogens (tertiary/aromatic N) is 3. The van der Waals surface area contributed by atoms with Gasteiger partial charge in [0.25, 0.3) is 0 Å². The molecule has 0 aliphatic carbocycles. The molecule has 0 aliphatic heterocycles. The number of aliphatic imine (C=N–C) groups is 1. The predicted molar refractivity (Wildman–Crippen MR) is 112 cm³/mol. The highest BCUT2D eigenvalue weighted by Crippen LogP contribution is 2.19. The molecule has 0 saturated carbocycles. The van der Waals surface area contributed by atoms with Crippen molar-refractivity contribution in [2.24, 2.45) is 4.99 Å². The van der Waals surface area contributed by atoms with Crippen molar-refractivity contribution in [3.8, 4) is 0 Å². The summed E-state index contributed by atoms with van der Waals surface area (Å²) in [5.74, 6) is 1.42. The van der Waals surface area contributed by atoms with E-state index in [1.807, 2.05) is 42.3 Å². The summed E-state index contributed by atoms with van der Waals surface area (Å²) in [6.45, 7) is 4.91. The fourth-order valence-electron chi connectivity index (χ4n) is 2.18. The van der Waals surface area contributed by atoms with E-state index in [0.717, 1.165) is 16.7 Å². The quantitative estimate of drug-likeness (QED) is 0.314. The Morgan fingerprint density at radius 3 is 2.68 bits per heavy atom. The SMILES string of the molecule is C=CCNC(=NCC(=O)N(C)C)N(C)Cc1cc2ccccc2o1.I. The van der Waals surface area contributed by atoms with Crippen LogP contribution >= 0.6 is 24.0 Å². The molecule has 0 fully saturated rings. The molecule has 0 saturated heterocycles. The second-order valence-electron chi connectivity index (χ2n) is 5.70. The number of likely N-dealkylation sites (N-methyl/N-ethyl adjacent to an activating group) is 1. The monoisotopic (exact) mass is 456 g/mol. The fourth-order valence-corrected chi connectivity index (χ4v) is 2.18. The molecular weight excluding hydrogens is 431 g/mol. The molecule has 2 aromatic rings. The van der Waals surface area contributed by atoms with E-state index in [1.54, 1.807) is 20.2 Å². The van der Waals surface area contributed by atoms with Crippen LogP contribution in [0.15, 0.2) is 52.4 Å². The van der Waals surface area contributed by atoms with Gasteiger partial charge in [-0.3, -0.25) is 4.79 Å². The summed E-state index contributed by atoms with van der Waals surface area (Å²) >= 11 is 0. The predicted octanol–water partition coefficient (Wildman–Crippen LogP) is 2.70. The number of benzene rings is 1. The molecule has 0 unspecified atom stereocenters. The highest BCUT2D eigenvalue weighted by atomic mass is 127. The van der Waals surface area contributed by atoms with Crippen molar-refractivity contribution in [3.63, 3.8) is 0 Å². The molecule has 0 bridgehead atoms. The summed E-state index contributed by atoms with van der Waals surface area (Å²) in [7, 11) is 5.34. The van der Waals surface area contributed by atoms with Gasteiger partial charge in [-0.15, -0.1) is 30.6 Å². The number of hydrogen-bond acceptors (Lipinski definition) is 3. The first-order valence-electron chi connectivity index (χ1n) is 7.79. The van der Waals surface area contributed by atoms with Crippen molar-refractivity contribution in [3.05, 3.63) is 48.7 Å². The summed E-state index contributed by atoms with van der Waals surface area (Å²) in [6.07, 6.45) is 1.75. The van der Waals surface area contributed by atoms with E-state index in [0.29, 0.717) is 19.0 Å². The van der Waals surface area contributed by atoms with Crippen molar-refractivity contribution in [1.82, 2.24) is 15.1 Å². The van der Waals surface area contributed by atoms with Gasteiger partial charge in [0.1, 0.15) is 17.9 Å². The molecule has 2 rings (SSSR count). The van der Waals surface area contributed by atoms with Crippen LogP contribution in [-0.2, 0) is 11.3 Å². The minimum Gasteiger partial charge on any atom is -0.459 e. The second kappa shape index (κ2) is 10.1. The third kappa shape index (κ3) is 6.08. The largest absolute Gasteiger partial charge is 0.459 e. The van der Waals surface area contributed by atoms with Crippen molar-refractivity contribution < 1.29 is 9.21 Å². The Morgan fingerprint density at radius 1 is 1.32 bits per heavy atom. The number of furan rings is 1. The molecule has 1 heterocycles. The second-order valence-corrected chi connectivity index (χ2v) is 5.70. The molecule has 0 spiro atoms.